The topological polar surface area (TPSA) is 26.3 Å². The van der Waals surface area contributed by atoms with Gasteiger partial charge < -0.3 is 4.74 Å². The molecule has 0 aliphatic rings. The first kappa shape index (κ1) is 12.9. The van der Waals surface area contributed by atoms with Gasteiger partial charge in [0.15, 0.2) is 5.78 Å². The van der Waals surface area contributed by atoms with E-state index in [2.05, 4.69) is 6.92 Å². The molecule has 0 aliphatic heterocycles. The Morgan fingerprint density at radius 3 is 2.62 bits per heavy atom. The lowest BCUT2D eigenvalue weighted by molar-refractivity contribution is -0.124. The second kappa shape index (κ2) is 7.18. The van der Waals surface area contributed by atoms with E-state index >= 15 is 0 Å². The first-order chi connectivity index (χ1) is 7.72. The molecular weight excluding hydrogens is 200 g/mol. The molecule has 0 saturated heterocycles. The zero-order chi connectivity index (χ0) is 11.8. The summed E-state index contributed by atoms with van der Waals surface area (Å²) in [5.41, 5.74) is 1.05. The van der Waals surface area contributed by atoms with Gasteiger partial charge >= 0.3 is 0 Å². The van der Waals surface area contributed by atoms with Crippen LogP contribution in [-0.2, 0) is 16.0 Å². The van der Waals surface area contributed by atoms with E-state index in [1.165, 1.54) is 0 Å². The van der Waals surface area contributed by atoms with Crippen LogP contribution in [0.3, 0.4) is 0 Å². The molecule has 1 aromatic carbocycles. The molecule has 0 saturated carbocycles. The van der Waals surface area contributed by atoms with Crippen molar-refractivity contribution >= 4 is 5.78 Å². The summed E-state index contributed by atoms with van der Waals surface area (Å²) in [5.74, 6) is 0.147. The van der Waals surface area contributed by atoms with Crippen molar-refractivity contribution in [1.82, 2.24) is 0 Å². The van der Waals surface area contributed by atoms with Crippen LogP contribution in [0.15, 0.2) is 30.3 Å². The molecule has 2 nitrogen and oxygen atoms in total. The van der Waals surface area contributed by atoms with E-state index in [1.807, 2.05) is 37.3 Å². The number of Topliss-reactive ketones (excluding diaryl/α,β-unsaturated/α-hetero) is 1. The highest BCUT2D eigenvalue weighted by Crippen LogP contribution is 2.03. The van der Waals surface area contributed by atoms with E-state index in [1.54, 1.807) is 0 Å². The first-order valence-corrected chi connectivity index (χ1v) is 5.89. The van der Waals surface area contributed by atoms with Crippen LogP contribution in [0.5, 0.6) is 0 Å². The van der Waals surface area contributed by atoms with Gasteiger partial charge in [0.05, 0.1) is 6.10 Å². The van der Waals surface area contributed by atoms with Crippen molar-refractivity contribution in [2.45, 2.75) is 39.2 Å². The summed E-state index contributed by atoms with van der Waals surface area (Å²) in [6, 6.07) is 9.78. The molecule has 16 heavy (non-hydrogen) atoms. The van der Waals surface area contributed by atoms with E-state index in [0.717, 1.165) is 18.4 Å². The monoisotopic (exact) mass is 220 g/mol. The largest absolute Gasteiger partial charge is 0.371 e. The third-order valence-corrected chi connectivity index (χ3v) is 2.47. The van der Waals surface area contributed by atoms with Crippen molar-refractivity contribution in [3.8, 4) is 0 Å². The minimum Gasteiger partial charge on any atom is -0.371 e. The summed E-state index contributed by atoms with van der Waals surface area (Å²) in [4.78, 5) is 11.6. The van der Waals surface area contributed by atoms with Crippen molar-refractivity contribution in [3.05, 3.63) is 35.9 Å². The highest BCUT2D eigenvalue weighted by Gasteiger charge is 2.06. The molecular formula is C14H20O2. The van der Waals surface area contributed by atoms with Gasteiger partial charge in [-0.1, -0.05) is 43.7 Å². The Hall–Kier alpha value is -1.15. The van der Waals surface area contributed by atoms with Crippen LogP contribution in [0.2, 0.25) is 0 Å². The second-order valence-electron chi connectivity index (χ2n) is 4.11. The van der Waals surface area contributed by atoms with Crippen molar-refractivity contribution < 1.29 is 9.53 Å². The molecule has 0 fully saturated rings. The van der Waals surface area contributed by atoms with E-state index in [9.17, 15) is 4.79 Å². The SMILES string of the molecule is CCCC(C)OCC(=O)Cc1ccccc1. The first-order valence-electron chi connectivity index (χ1n) is 5.89. The third kappa shape index (κ3) is 5.08. The number of benzene rings is 1. The number of ketones is 1. The molecule has 0 N–H and O–H groups in total. The Morgan fingerprint density at radius 1 is 1.31 bits per heavy atom. The Kier molecular flexibility index (Phi) is 5.79. The zero-order valence-corrected chi connectivity index (χ0v) is 10.1. The van der Waals surface area contributed by atoms with Crippen LogP contribution in [0, 0.1) is 0 Å². The van der Waals surface area contributed by atoms with Crippen molar-refractivity contribution in [1.29, 1.82) is 0 Å². The van der Waals surface area contributed by atoms with Gasteiger partial charge in [-0.25, -0.2) is 0 Å². The summed E-state index contributed by atoms with van der Waals surface area (Å²) < 4.78 is 5.47. The maximum atomic E-state index is 11.6. The average molecular weight is 220 g/mol. The summed E-state index contributed by atoms with van der Waals surface area (Å²) in [6.45, 7) is 4.36. The lowest BCUT2D eigenvalue weighted by Gasteiger charge is -2.10. The predicted octanol–water partition coefficient (Wildman–Crippen LogP) is 3.00. The maximum Gasteiger partial charge on any atom is 0.162 e. The third-order valence-electron chi connectivity index (χ3n) is 2.47. The van der Waals surface area contributed by atoms with Crippen LogP contribution in [0.4, 0.5) is 0 Å². The molecule has 1 aromatic rings. The normalized spacial score (nSPS) is 12.4. The molecule has 0 aromatic heterocycles. The summed E-state index contributed by atoms with van der Waals surface area (Å²) in [5, 5.41) is 0. The van der Waals surface area contributed by atoms with Gasteiger partial charge in [-0.2, -0.15) is 0 Å². The highest BCUT2D eigenvalue weighted by atomic mass is 16.5. The molecule has 0 heterocycles. The minimum absolute atomic E-state index is 0.147. The van der Waals surface area contributed by atoms with E-state index in [-0.39, 0.29) is 18.5 Å². The van der Waals surface area contributed by atoms with Gasteiger partial charge in [-0.3, -0.25) is 4.79 Å². The molecule has 1 atom stereocenters. The number of rotatable bonds is 7. The molecule has 2 heteroatoms. The van der Waals surface area contributed by atoms with Gasteiger partial charge in [0.2, 0.25) is 0 Å². The molecule has 1 rings (SSSR count). The fourth-order valence-corrected chi connectivity index (χ4v) is 1.60. The summed E-state index contributed by atoms with van der Waals surface area (Å²) in [6.07, 6.45) is 2.76. The molecule has 0 amide bonds. The molecule has 0 aliphatic carbocycles. The lowest BCUT2D eigenvalue weighted by Crippen LogP contribution is -2.17. The summed E-state index contributed by atoms with van der Waals surface area (Å²) >= 11 is 0. The Labute approximate surface area is 97.6 Å². The van der Waals surface area contributed by atoms with Crippen LogP contribution < -0.4 is 0 Å². The van der Waals surface area contributed by atoms with Gasteiger partial charge in [-0.05, 0) is 18.9 Å². The average Bonchev–Trinajstić information content (AvgIpc) is 2.28. The predicted molar refractivity (Wildman–Crippen MR) is 65.5 cm³/mol. The van der Waals surface area contributed by atoms with Crippen molar-refractivity contribution in [2.24, 2.45) is 0 Å². The number of hydrogen-bond acceptors (Lipinski definition) is 2. The van der Waals surface area contributed by atoms with Crippen LogP contribution in [-0.4, -0.2) is 18.5 Å². The Bertz CT molecular complexity index is 306. The van der Waals surface area contributed by atoms with Gasteiger partial charge in [-0.15, -0.1) is 0 Å². The smallest absolute Gasteiger partial charge is 0.162 e. The molecule has 0 spiro atoms. The zero-order valence-electron chi connectivity index (χ0n) is 10.1. The number of carbonyl (C=O) groups excluding carboxylic acids is 1. The van der Waals surface area contributed by atoms with Crippen molar-refractivity contribution in [3.63, 3.8) is 0 Å². The Morgan fingerprint density at radius 2 is 2.00 bits per heavy atom. The van der Waals surface area contributed by atoms with E-state index in [0.29, 0.717) is 6.42 Å². The second-order valence-corrected chi connectivity index (χ2v) is 4.11. The van der Waals surface area contributed by atoms with Gasteiger partial charge in [0, 0.05) is 6.42 Å². The maximum absolute atomic E-state index is 11.6. The quantitative estimate of drug-likeness (QED) is 0.706. The van der Waals surface area contributed by atoms with E-state index < -0.39 is 0 Å². The van der Waals surface area contributed by atoms with Crippen LogP contribution in [0.25, 0.3) is 0 Å². The standard InChI is InChI=1S/C14H20O2/c1-3-7-12(2)16-11-14(15)10-13-8-5-4-6-9-13/h4-6,8-9,12H,3,7,10-11H2,1-2H3. The fourth-order valence-electron chi connectivity index (χ4n) is 1.60. The molecule has 1 unspecified atom stereocenters. The summed E-state index contributed by atoms with van der Waals surface area (Å²) in [7, 11) is 0. The number of hydrogen-bond donors (Lipinski definition) is 0. The number of carbonyl (C=O) groups is 1. The molecule has 88 valence electrons. The fraction of sp³-hybridized carbons (Fsp3) is 0.500. The molecule has 0 bridgehead atoms. The van der Waals surface area contributed by atoms with Gasteiger partial charge in [0.25, 0.3) is 0 Å². The van der Waals surface area contributed by atoms with Crippen LogP contribution in [0.1, 0.15) is 32.3 Å². The highest BCUT2D eigenvalue weighted by molar-refractivity contribution is 5.82. The Balaban J connectivity index is 2.26. The van der Waals surface area contributed by atoms with Crippen LogP contribution >= 0.6 is 0 Å². The molecule has 0 radical (unpaired) electrons. The van der Waals surface area contributed by atoms with Gasteiger partial charge in [0.1, 0.15) is 6.61 Å². The van der Waals surface area contributed by atoms with Crippen molar-refractivity contribution in [2.75, 3.05) is 6.61 Å². The lowest BCUT2D eigenvalue weighted by atomic mass is 10.1. The number of ether oxygens (including phenoxy) is 1. The minimum atomic E-state index is 0.147. The van der Waals surface area contributed by atoms with E-state index in [4.69, 9.17) is 4.74 Å².